The van der Waals surface area contributed by atoms with Crippen LogP contribution in [0, 0.1) is 107 Å². The van der Waals surface area contributed by atoms with E-state index in [1.807, 2.05) is 27.7 Å². The maximum Gasteiger partial charge on any atom is 1.00 e. The highest BCUT2D eigenvalue weighted by molar-refractivity contribution is 6.37. The van der Waals surface area contributed by atoms with Crippen molar-refractivity contribution in [2.75, 3.05) is 0 Å². The first-order valence-corrected chi connectivity index (χ1v) is 11.1. The van der Waals surface area contributed by atoms with Crippen molar-refractivity contribution in [1.29, 1.82) is 0 Å². The number of hydrogen-bond acceptors (Lipinski definition) is 5. The highest BCUT2D eigenvalue weighted by atomic mass is 27.3. The Balaban J connectivity index is 4.60. The molecule has 5 nitrogen and oxygen atoms in total. The molecular weight excluding hydrogens is 443 g/mol. The third kappa shape index (κ3) is 20.8. The van der Waals surface area contributed by atoms with Crippen molar-refractivity contribution in [1.82, 2.24) is 0 Å². The molecule has 0 heterocycles. The van der Waals surface area contributed by atoms with Crippen molar-refractivity contribution in [2.45, 2.75) is 46.8 Å². The van der Waals surface area contributed by atoms with Crippen LogP contribution in [-0.4, -0.2) is 33.3 Å². The number of hydrogen-bond donors (Lipinski definition) is 0. The molecule has 0 aromatic heterocycles. The van der Waals surface area contributed by atoms with Gasteiger partial charge < -0.3 is 16.1 Å². The molecule has 0 radical (unpaired) electrons. The van der Waals surface area contributed by atoms with Gasteiger partial charge in [0.15, 0.2) is 0 Å². The molecule has 0 aliphatic heterocycles. The Morgan fingerprint density at radius 2 is 1.09 bits per heavy atom. The minimum Gasteiger partial charge on any atom is -0.602 e. The van der Waals surface area contributed by atoms with E-state index in [4.69, 9.17) is 22.5 Å². The van der Waals surface area contributed by atoms with Gasteiger partial charge in [-0.1, -0.05) is 0 Å². The van der Waals surface area contributed by atoms with Crippen LogP contribution in [-0.2, 0) is 20.9 Å². The number of terminal acetylenes is 1. The lowest BCUT2D eigenvalue weighted by Crippen LogP contribution is -2.32. The van der Waals surface area contributed by atoms with E-state index < -0.39 is 21.1 Å². The Bertz CT molecular complexity index is 1290. The van der Waals surface area contributed by atoms with Gasteiger partial charge in [-0.3, -0.25) is 0 Å². The zero-order valence-corrected chi connectivity index (χ0v) is 20.6. The van der Waals surface area contributed by atoms with Gasteiger partial charge in [-0.15, -0.1) is 6.42 Å². The predicted octanol–water partition coefficient (Wildman–Crippen LogP) is 1.90. The second-order valence-electron chi connectivity index (χ2n) is 6.07. The minimum absolute atomic E-state index is 0.0627. The summed E-state index contributed by atoms with van der Waals surface area (Å²) in [5.41, 5.74) is 0. The largest absolute Gasteiger partial charge is 1.00 e. The van der Waals surface area contributed by atoms with Gasteiger partial charge in [0.05, 0.1) is 11.8 Å². The molecule has 0 bridgehead atoms. The van der Waals surface area contributed by atoms with Gasteiger partial charge in [-0.25, -0.2) is 4.79 Å². The van der Waals surface area contributed by atoms with Crippen molar-refractivity contribution >= 4 is 21.1 Å². The van der Waals surface area contributed by atoms with E-state index in [0.29, 0.717) is 5.76 Å². The van der Waals surface area contributed by atoms with Crippen LogP contribution >= 0.6 is 0 Å². The summed E-state index contributed by atoms with van der Waals surface area (Å²) in [7, 11) is 0. The summed E-state index contributed by atoms with van der Waals surface area (Å²) in [6.45, 7) is 9.09. The molecule has 0 aromatic carbocycles. The summed E-state index contributed by atoms with van der Waals surface area (Å²) < 4.78 is 21.5. The maximum atomic E-state index is 11.8. The van der Waals surface area contributed by atoms with Gasteiger partial charge in [-0.05, 0) is 82.0 Å². The quantitative estimate of drug-likeness (QED) is 0.190. The summed E-state index contributed by atoms with van der Waals surface area (Å²) in [6.07, 6.45) is 8.11. The molecule has 0 aliphatic rings. The molecule has 0 fully saturated rings. The molecule has 0 saturated heterocycles. The Hall–Kier alpha value is -4.50. The van der Waals surface area contributed by atoms with Crippen molar-refractivity contribution in [2.24, 2.45) is 0 Å². The standard InChI is InChI=1S/C22H6O3.2C3H7O.Al/c1-3-4-5-6-7-8-9-10-11-12-13-14-15-16-17-18-19-25-22(24)20-21(2)23;2*1-3(2)4;/h1,20,23H,2H3;2*3H,1-2H3;/q;2*-1;+3/p-1/b21-20-;;;. The molecule has 0 atom stereocenters. The minimum atomic E-state index is -2.43. The van der Waals surface area contributed by atoms with E-state index in [1.165, 1.54) is 0 Å². The van der Waals surface area contributed by atoms with Crippen LogP contribution in [0.4, 0.5) is 0 Å². The number of esters is 1. The molecule has 0 unspecified atom stereocenters. The SMILES string of the molecule is C#CC#CC#CC#CC#CC#CC#CC#CC#COC(=O)/C=C(/C)[O][Al]([O]C(C)C)[O]C(C)C. The molecule has 0 saturated carbocycles. The lowest BCUT2D eigenvalue weighted by molar-refractivity contribution is -0.131. The molecule has 0 rings (SSSR count). The van der Waals surface area contributed by atoms with E-state index in [9.17, 15) is 4.79 Å². The van der Waals surface area contributed by atoms with Gasteiger partial charge in [-0.2, -0.15) is 0 Å². The lowest BCUT2D eigenvalue weighted by Gasteiger charge is -2.18. The molecule has 0 amide bonds. The van der Waals surface area contributed by atoms with Crippen LogP contribution in [0.2, 0.25) is 0 Å². The molecule has 164 valence electrons. The fraction of sp³-hybridized carbons (Fsp3) is 0.250. The molecule has 0 aromatic rings. The van der Waals surface area contributed by atoms with Crippen LogP contribution < -0.4 is 0 Å². The van der Waals surface area contributed by atoms with Gasteiger partial charge in [0.2, 0.25) is 0 Å². The fourth-order valence-electron chi connectivity index (χ4n) is 1.46. The zero-order chi connectivity index (χ0) is 25.4. The Labute approximate surface area is 207 Å². The molecule has 0 spiro atoms. The second kappa shape index (κ2) is 20.4. The number of ether oxygens (including phenoxy) is 1. The third-order valence-electron chi connectivity index (χ3n) is 2.52. The third-order valence-corrected chi connectivity index (χ3v) is 4.62. The summed E-state index contributed by atoms with van der Waals surface area (Å²) in [5, 5.41) is 0. The monoisotopic (exact) mass is 462 g/mol. The molecular formula is C28H19AlO5. The van der Waals surface area contributed by atoms with Gasteiger partial charge in [0.1, 0.15) is 6.11 Å². The second-order valence-corrected chi connectivity index (χ2v) is 7.43. The smallest absolute Gasteiger partial charge is 0.602 e. The Morgan fingerprint density at radius 1 is 0.706 bits per heavy atom. The van der Waals surface area contributed by atoms with Crippen LogP contribution in [0.5, 0.6) is 0 Å². The average molecular weight is 462 g/mol. The first kappa shape index (κ1) is 29.5. The highest BCUT2D eigenvalue weighted by Gasteiger charge is 2.37. The Kier molecular flexibility index (Phi) is 17.7. The van der Waals surface area contributed by atoms with Crippen molar-refractivity contribution in [3.05, 3.63) is 11.8 Å². The predicted molar refractivity (Wildman–Crippen MR) is 130 cm³/mol. The number of allylic oxidation sites excluding steroid dienone is 1. The average Bonchev–Trinajstić information content (AvgIpc) is 2.74. The van der Waals surface area contributed by atoms with E-state index in [0.717, 1.165) is 6.08 Å². The normalized spacial score (nSPS) is 7.88. The van der Waals surface area contributed by atoms with Crippen LogP contribution in [0.3, 0.4) is 0 Å². The fourth-order valence-corrected chi connectivity index (χ4v) is 2.89. The molecule has 0 N–H and O–H groups in total. The van der Waals surface area contributed by atoms with Crippen molar-refractivity contribution in [3.63, 3.8) is 0 Å². The van der Waals surface area contributed by atoms with Crippen LogP contribution in [0.15, 0.2) is 11.8 Å². The molecule has 6 heteroatoms. The topological polar surface area (TPSA) is 54.0 Å². The van der Waals surface area contributed by atoms with E-state index in [-0.39, 0.29) is 12.2 Å². The molecule has 0 aliphatic carbocycles. The number of rotatable bonds is 7. The van der Waals surface area contributed by atoms with Crippen molar-refractivity contribution < 1.29 is 20.9 Å². The summed E-state index contributed by atoms with van der Waals surface area (Å²) >= 11 is -2.43. The first-order valence-electron chi connectivity index (χ1n) is 9.67. The number of carbonyl (C=O) groups excluding carboxylic acids is 1. The zero-order valence-electron chi connectivity index (χ0n) is 19.4. The molecule has 34 heavy (non-hydrogen) atoms. The van der Waals surface area contributed by atoms with E-state index in [2.05, 4.69) is 101 Å². The maximum absolute atomic E-state index is 11.8. The summed E-state index contributed by atoms with van der Waals surface area (Å²) in [4.78, 5) is 11.8. The van der Waals surface area contributed by atoms with Gasteiger partial charge >= 0.3 is 21.1 Å². The van der Waals surface area contributed by atoms with E-state index in [1.54, 1.807) is 6.92 Å². The first-order chi connectivity index (χ1) is 16.3. The van der Waals surface area contributed by atoms with Gasteiger partial charge in [0.25, 0.3) is 0 Å². The lowest BCUT2D eigenvalue weighted by atomic mass is 10.5. The van der Waals surface area contributed by atoms with Crippen LogP contribution in [0.25, 0.3) is 0 Å². The van der Waals surface area contributed by atoms with Crippen molar-refractivity contribution in [3.8, 4) is 107 Å². The van der Waals surface area contributed by atoms with Crippen LogP contribution in [0.1, 0.15) is 34.6 Å². The summed E-state index contributed by atoms with van der Waals surface area (Å²) in [5.74, 6) is 38.2. The summed E-state index contributed by atoms with van der Waals surface area (Å²) in [6, 6.07) is 0. The Morgan fingerprint density at radius 3 is 1.47 bits per heavy atom. The van der Waals surface area contributed by atoms with Gasteiger partial charge in [0, 0.05) is 59.6 Å². The number of carbonyl (C=O) groups is 1. The van der Waals surface area contributed by atoms with E-state index >= 15 is 0 Å². The highest BCUT2D eigenvalue weighted by Crippen LogP contribution is 2.07.